The number of aryl methyl sites for hydroxylation is 2. The Bertz CT molecular complexity index is 629. The molecular formula is C16H15FOS. The number of hydrogen-bond acceptors (Lipinski definition) is 2. The minimum atomic E-state index is -0.253. The third kappa shape index (κ3) is 2.23. The van der Waals surface area contributed by atoms with Crippen LogP contribution in [0.3, 0.4) is 0 Å². The molecule has 1 aromatic carbocycles. The smallest absolute Gasteiger partial charge is 0.170 e. The van der Waals surface area contributed by atoms with Gasteiger partial charge in [0.05, 0.1) is 0 Å². The summed E-state index contributed by atoms with van der Waals surface area (Å²) in [6, 6.07) is 6.72. The first-order valence-corrected chi connectivity index (χ1v) is 7.41. The average molecular weight is 274 g/mol. The molecular weight excluding hydrogens is 259 g/mol. The van der Waals surface area contributed by atoms with E-state index in [0.29, 0.717) is 11.1 Å². The molecule has 0 aliphatic heterocycles. The number of hydrogen-bond donors (Lipinski definition) is 0. The van der Waals surface area contributed by atoms with Crippen LogP contribution in [-0.4, -0.2) is 5.78 Å². The molecule has 1 nitrogen and oxygen atoms in total. The molecule has 0 saturated carbocycles. The summed E-state index contributed by atoms with van der Waals surface area (Å²) in [6.45, 7) is 1.70. The third-order valence-corrected chi connectivity index (χ3v) is 4.81. The van der Waals surface area contributed by atoms with Gasteiger partial charge >= 0.3 is 0 Å². The van der Waals surface area contributed by atoms with Gasteiger partial charge in [0.1, 0.15) is 5.82 Å². The lowest BCUT2D eigenvalue weighted by Gasteiger charge is -2.21. The van der Waals surface area contributed by atoms with Gasteiger partial charge in [-0.2, -0.15) is 0 Å². The Morgan fingerprint density at radius 1 is 1.37 bits per heavy atom. The van der Waals surface area contributed by atoms with E-state index in [-0.39, 0.29) is 17.5 Å². The van der Waals surface area contributed by atoms with Crippen molar-refractivity contribution in [1.82, 2.24) is 0 Å². The standard InChI is InChI=1S/C16H15FOS/c1-10-9-11(5-6-14(10)17)16(18)13-3-2-4-15-12(13)7-8-19-15/h5-9,13H,2-4H2,1H3. The molecule has 0 radical (unpaired) electrons. The molecule has 1 aliphatic rings. The number of halogens is 1. The topological polar surface area (TPSA) is 17.1 Å². The van der Waals surface area contributed by atoms with Gasteiger partial charge in [0.2, 0.25) is 0 Å². The molecule has 0 amide bonds. The first-order chi connectivity index (χ1) is 9.16. The summed E-state index contributed by atoms with van der Waals surface area (Å²) in [7, 11) is 0. The number of fused-ring (bicyclic) bond motifs is 1. The van der Waals surface area contributed by atoms with Gasteiger partial charge in [0.25, 0.3) is 0 Å². The van der Waals surface area contributed by atoms with Crippen molar-refractivity contribution in [3.05, 3.63) is 57.0 Å². The van der Waals surface area contributed by atoms with Crippen LogP contribution >= 0.6 is 11.3 Å². The van der Waals surface area contributed by atoms with Gasteiger partial charge in [-0.25, -0.2) is 4.39 Å². The Morgan fingerprint density at radius 2 is 2.21 bits per heavy atom. The van der Waals surface area contributed by atoms with E-state index in [2.05, 4.69) is 11.4 Å². The van der Waals surface area contributed by atoms with Gasteiger partial charge in [-0.05, 0) is 67.0 Å². The molecule has 98 valence electrons. The zero-order valence-corrected chi connectivity index (χ0v) is 11.6. The molecule has 1 unspecified atom stereocenters. The van der Waals surface area contributed by atoms with Crippen molar-refractivity contribution in [1.29, 1.82) is 0 Å². The van der Waals surface area contributed by atoms with E-state index in [1.165, 1.54) is 16.5 Å². The maximum Gasteiger partial charge on any atom is 0.170 e. The van der Waals surface area contributed by atoms with Crippen molar-refractivity contribution < 1.29 is 9.18 Å². The van der Waals surface area contributed by atoms with E-state index in [0.717, 1.165) is 19.3 Å². The predicted molar refractivity (Wildman–Crippen MR) is 75.5 cm³/mol. The van der Waals surface area contributed by atoms with E-state index >= 15 is 0 Å². The van der Waals surface area contributed by atoms with Crippen molar-refractivity contribution in [2.45, 2.75) is 32.1 Å². The number of rotatable bonds is 2. The molecule has 1 aliphatic carbocycles. The number of ketones is 1. The fourth-order valence-corrected chi connectivity index (χ4v) is 3.75. The molecule has 0 saturated heterocycles. The fraction of sp³-hybridized carbons (Fsp3) is 0.312. The van der Waals surface area contributed by atoms with Crippen molar-refractivity contribution in [3.8, 4) is 0 Å². The quantitative estimate of drug-likeness (QED) is 0.737. The number of thiophene rings is 1. The molecule has 0 spiro atoms. The summed E-state index contributed by atoms with van der Waals surface area (Å²) >= 11 is 1.74. The summed E-state index contributed by atoms with van der Waals surface area (Å²) in [5.74, 6) is -0.168. The molecule has 2 aromatic rings. The van der Waals surface area contributed by atoms with Crippen molar-refractivity contribution in [2.75, 3.05) is 0 Å². The molecule has 0 bridgehead atoms. The number of Topliss-reactive ketones (excluding diaryl/α,β-unsaturated/α-hetero) is 1. The zero-order valence-electron chi connectivity index (χ0n) is 10.8. The zero-order chi connectivity index (χ0) is 13.4. The van der Waals surface area contributed by atoms with Crippen LogP contribution in [0.15, 0.2) is 29.6 Å². The molecule has 19 heavy (non-hydrogen) atoms. The highest BCUT2D eigenvalue weighted by atomic mass is 32.1. The monoisotopic (exact) mass is 274 g/mol. The summed E-state index contributed by atoms with van der Waals surface area (Å²) in [4.78, 5) is 13.9. The summed E-state index contributed by atoms with van der Waals surface area (Å²) in [6.07, 6.45) is 3.04. The Labute approximate surface area is 116 Å². The van der Waals surface area contributed by atoms with Crippen LogP contribution in [0.4, 0.5) is 4.39 Å². The molecule has 0 fully saturated rings. The fourth-order valence-electron chi connectivity index (χ4n) is 2.76. The van der Waals surface area contributed by atoms with Gasteiger partial charge in [-0.3, -0.25) is 4.79 Å². The summed E-state index contributed by atoms with van der Waals surface area (Å²) < 4.78 is 13.3. The van der Waals surface area contributed by atoms with Crippen LogP contribution in [0.5, 0.6) is 0 Å². The molecule has 1 heterocycles. The average Bonchev–Trinajstić information content (AvgIpc) is 2.89. The first-order valence-electron chi connectivity index (χ1n) is 6.53. The normalized spacial score (nSPS) is 18.1. The second kappa shape index (κ2) is 4.89. The first kappa shape index (κ1) is 12.5. The highest BCUT2D eigenvalue weighted by Gasteiger charge is 2.28. The van der Waals surface area contributed by atoms with E-state index in [9.17, 15) is 9.18 Å². The van der Waals surface area contributed by atoms with Gasteiger partial charge < -0.3 is 0 Å². The van der Waals surface area contributed by atoms with E-state index in [4.69, 9.17) is 0 Å². The minimum absolute atomic E-state index is 0.0418. The van der Waals surface area contributed by atoms with Gasteiger partial charge in [-0.1, -0.05) is 0 Å². The van der Waals surface area contributed by atoms with Crippen LogP contribution in [0, 0.1) is 12.7 Å². The SMILES string of the molecule is Cc1cc(C(=O)C2CCCc3sccc32)ccc1F. The molecule has 3 rings (SSSR count). The molecule has 3 heteroatoms. The van der Waals surface area contributed by atoms with Crippen molar-refractivity contribution in [3.63, 3.8) is 0 Å². The molecule has 1 atom stereocenters. The number of benzene rings is 1. The van der Waals surface area contributed by atoms with Crippen molar-refractivity contribution in [2.24, 2.45) is 0 Å². The van der Waals surface area contributed by atoms with Crippen LogP contribution in [-0.2, 0) is 6.42 Å². The van der Waals surface area contributed by atoms with Crippen LogP contribution in [0.1, 0.15) is 45.1 Å². The Hall–Kier alpha value is -1.48. The summed E-state index contributed by atoms with van der Waals surface area (Å²) in [5, 5.41) is 2.06. The van der Waals surface area contributed by atoms with Crippen LogP contribution in [0.2, 0.25) is 0 Å². The number of carbonyl (C=O) groups is 1. The highest BCUT2D eigenvalue weighted by molar-refractivity contribution is 7.10. The van der Waals surface area contributed by atoms with Crippen molar-refractivity contribution >= 4 is 17.1 Å². The van der Waals surface area contributed by atoms with E-state index < -0.39 is 0 Å². The second-order valence-electron chi connectivity index (χ2n) is 5.07. The number of carbonyl (C=O) groups excluding carboxylic acids is 1. The predicted octanol–water partition coefficient (Wildman–Crippen LogP) is 4.50. The second-order valence-corrected chi connectivity index (χ2v) is 6.07. The Morgan fingerprint density at radius 3 is 3.00 bits per heavy atom. The van der Waals surface area contributed by atoms with Crippen LogP contribution in [0.25, 0.3) is 0 Å². The maximum atomic E-state index is 13.3. The minimum Gasteiger partial charge on any atom is -0.293 e. The van der Waals surface area contributed by atoms with Crippen LogP contribution < -0.4 is 0 Å². The van der Waals surface area contributed by atoms with Gasteiger partial charge in [0.15, 0.2) is 5.78 Å². The largest absolute Gasteiger partial charge is 0.293 e. The third-order valence-electron chi connectivity index (χ3n) is 3.81. The lowest BCUT2D eigenvalue weighted by Crippen LogP contribution is -2.17. The Balaban J connectivity index is 1.95. The molecule has 1 aromatic heterocycles. The van der Waals surface area contributed by atoms with Gasteiger partial charge in [-0.15, -0.1) is 11.3 Å². The Kier molecular flexibility index (Phi) is 3.23. The highest BCUT2D eigenvalue weighted by Crippen LogP contribution is 2.37. The van der Waals surface area contributed by atoms with Gasteiger partial charge in [0, 0.05) is 16.4 Å². The maximum absolute atomic E-state index is 13.3. The van der Waals surface area contributed by atoms with E-state index in [1.807, 2.05) is 0 Å². The molecule has 0 N–H and O–H groups in total. The lowest BCUT2D eigenvalue weighted by atomic mass is 9.82. The van der Waals surface area contributed by atoms with E-state index in [1.54, 1.807) is 30.4 Å². The summed E-state index contributed by atoms with van der Waals surface area (Å²) in [5.41, 5.74) is 2.35. The lowest BCUT2D eigenvalue weighted by molar-refractivity contribution is 0.0951.